The third-order valence-electron chi connectivity index (χ3n) is 4.94. The lowest BCUT2D eigenvalue weighted by atomic mass is 10.1. The molecule has 1 saturated heterocycles. The van der Waals surface area contributed by atoms with Gasteiger partial charge in [-0.05, 0) is 35.4 Å². The van der Waals surface area contributed by atoms with E-state index in [1.54, 1.807) is 23.5 Å². The van der Waals surface area contributed by atoms with Gasteiger partial charge in [0.15, 0.2) is 10.8 Å². The minimum absolute atomic E-state index is 0.0738. The number of carbonyl (C=O) groups excluding carboxylic acids is 1. The Balaban J connectivity index is 1.42. The predicted molar refractivity (Wildman–Crippen MR) is 120 cm³/mol. The van der Waals surface area contributed by atoms with Crippen molar-refractivity contribution in [1.29, 1.82) is 0 Å². The molecule has 0 aromatic carbocycles. The molecule has 0 unspecified atom stereocenters. The maximum Gasteiger partial charge on any atom is 0.230 e. The van der Waals surface area contributed by atoms with Crippen LogP contribution in [0, 0.1) is 0 Å². The van der Waals surface area contributed by atoms with Gasteiger partial charge in [0.25, 0.3) is 0 Å². The first-order chi connectivity index (χ1) is 15.2. The Morgan fingerprint density at radius 3 is 2.77 bits per heavy atom. The number of carbonyl (C=O) groups is 1. The largest absolute Gasteiger partial charge is 0.356 e. The molecule has 31 heavy (non-hydrogen) atoms. The summed E-state index contributed by atoms with van der Waals surface area (Å²) in [6, 6.07) is 0. The van der Waals surface area contributed by atoms with E-state index < -0.39 is 0 Å². The van der Waals surface area contributed by atoms with Crippen LogP contribution < -0.4 is 10.2 Å². The molecule has 1 aliphatic rings. The van der Waals surface area contributed by atoms with E-state index in [2.05, 4.69) is 37.8 Å². The van der Waals surface area contributed by atoms with E-state index in [1.165, 1.54) is 31.0 Å². The average Bonchev–Trinajstić information content (AvgIpc) is 3.38. The molecule has 1 fully saturated rings. The topological polar surface area (TPSA) is 120 Å². The van der Waals surface area contributed by atoms with Gasteiger partial charge in [0.2, 0.25) is 11.1 Å². The molecule has 13 heteroatoms. The number of thioether (sulfide) groups is 2. The number of piperidine rings is 1. The van der Waals surface area contributed by atoms with Crippen molar-refractivity contribution in [3.8, 4) is 0 Å². The van der Waals surface area contributed by atoms with Crippen LogP contribution >= 0.6 is 23.5 Å². The van der Waals surface area contributed by atoms with Crippen LogP contribution in [-0.2, 0) is 18.4 Å². The van der Waals surface area contributed by atoms with Crippen molar-refractivity contribution in [2.24, 2.45) is 7.05 Å². The molecule has 4 heterocycles. The molecule has 0 radical (unpaired) electrons. The van der Waals surface area contributed by atoms with Crippen LogP contribution in [0.5, 0.6) is 0 Å². The summed E-state index contributed by atoms with van der Waals surface area (Å²) in [5.41, 5.74) is 0.820. The number of tetrazole rings is 1. The molecule has 4 rings (SSSR count). The SMILES string of the molecule is CCSc1nc(N2CCCCC2)c2cnn(CCNC(=O)CSc3nnnn3C)c2n1. The number of aromatic nitrogens is 8. The van der Waals surface area contributed by atoms with Crippen LogP contribution in [-0.4, -0.2) is 77.0 Å². The number of rotatable bonds is 9. The van der Waals surface area contributed by atoms with Crippen LogP contribution in [0.3, 0.4) is 0 Å². The number of nitrogens with zero attached hydrogens (tertiary/aromatic N) is 9. The molecule has 0 bridgehead atoms. The third kappa shape index (κ3) is 5.26. The van der Waals surface area contributed by atoms with Crippen molar-refractivity contribution in [3.05, 3.63) is 6.20 Å². The molecule has 11 nitrogen and oxygen atoms in total. The van der Waals surface area contributed by atoms with Gasteiger partial charge in [0.05, 0.1) is 23.9 Å². The number of aryl methyl sites for hydroxylation is 1. The van der Waals surface area contributed by atoms with Crippen molar-refractivity contribution in [3.63, 3.8) is 0 Å². The van der Waals surface area contributed by atoms with Crippen molar-refractivity contribution in [1.82, 2.24) is 45.3 Å². The molecule has 0 spiro atoms. The summed E-state index contributed by atoms with van der Waals surface area (Å²) in [5.74, 6) is 2.07. The zero-order chi connectivity index (χ0) is 21.6. The van der Waals surface area contributed by atoms with Crippen LogP contribution in [0.4, 0.5) is 5.82 Å². The Morgan fingerprint density at radius 1 is 1.19 bits per heavy atom. The average molecular weight is 463 g/mol. The number of hydrogen-bond acceptors (Lipinski definition) is 10. The number of hydrogen-bond donors (Lipinski definition) is 1. The molecule has 1 amide bonds. The summed E-state index contributed by atoms with van der Waals surface area (Å²) in [5, 5.41) is 21.0. The molecular weight excluding hydrogens is 436 g/mol. The van der Waals surface area contributed by atoms with Gasteiger partial charge in [0.1, 0.15) is 5.82 Å². The molecular formula is C18H26N10OS2. The number of anilines is 1. The molecule has 3 aromatic rings. The highest BCUT2D eigenvalue weighted by molar-refractivity contribution is 7.99. The Hall–Kier alpha value is -2.41. The maximum absolute atomic E-state index is 12.2. The lowest BCUT2D eigenvalue weighted by molar-refractivity contribution is -0.118. The number of amides is 1. The predicted octanol–water partition coefficient (Wildman–Crippen LogP) is 1.36. The lowest BCUT2D eigenvalue weighted by Crippen LogP contribution is -2.30. The number of fused-ring (bicyclic) bond motifs is 1. The highest BCUT2D eigenvalue weighted by Crippen LogP contribution is 2.29. The van der Waals surface area contributed by atoms with Gasteiger partial charge in [-0.25, -0.2) is 19.3 Å². The summed E-state index contributed by atoms with van der Waals surface area (Å²) < 4.78 is 3.39. The second-order valence-corrected chi connectivity index (χ2v) is 9.31. The van der Waals surface area contributed by atoms with E-state index in [9.17, 15) is 4.79 Å². The third-order valence-corrected chi connectivity index (χ3v) is 6.68. The van der Waals surface area contributed by atoms with Crippen molar-refractivity contribution in [2.75, 3.05) is 36.0 Å². The van der Waals surface area contributed by atoms with E-state index >= 15 is 0 Å². The lowest BCUT2D eigenvalue weighted by Gasteiger charge is -2.28. The van der Waals surface area contributed by atoms with Gasteiger partial charge in [0, 0.05) is 26.7 Å². The smallest absolute Gasteiger partial charge is 0.230 e. The molecule has 0 aliphatic carbocycles. The Morgan fingerprint density at radius 2 is 2.03 bits per heavy atom. The van der Waals surface area contributed by atoms with E-state index in [1.807, 2.05) is 10.9 Å². The summed E-state index contributed by atoms with van der Waals surface area (Å²) in [7, 11) is 1.74. The summed E-state index contributed by atoms with van der Waals surface area (Å²) in [4.78, 5) is 24.1. The Bertz CT molecular complexity index is 1030. The van der Waals surface area contributed by atoms with E-state index in [4.69, 9.17) is 9.97 Å². The van der Waals surface area contributed by atoms with Gasteiger partial charge in [-0.1, -0.05) is 30.4 Å². The van der Waals surface area contributed by atoms with Gasteiger partial charge < -0.3 is 10.2 Å². The fourth-order valence-electron chi connectivity index (χ4n) is 3.45. The highest BCUT2D eigenvalue weighted by Gasteiger charge is 2.20. The molecule has 166 valence electrons. The second kappa shape index (κ2) is 10.3. The van der Waals surface area contributed by atoms with E-state index in [-0.39, 0.29) is 11.7 Å². The maximum atomic E-state index is 12.2. The number of nitrogens with one attached hydrogen (secondary N) is 1. The summed E-state index contributed by atoms with van der Waals surface area (Å²) in [6.07, 6.45) is 5.48. The Kier molecular flexibility index (Phi) is 7.22. The zero-order valence-electron chi connectivity index (χ0n) is 17.7. The van der Waals surface area contributed by atoms with Gasteiger partial charge in [-0.15, -0.1) is 5.10 Å². The molecule has 0 atom stereocenters. The quantitative estimate of drug-likeness (QED) is 0.369. The zero-order valence-corrected chi connectivity index (χ0v) is 19.3. The Labute approximate surface area is 188 Å². The van der Waals surface area contributed by atoms with Crippen LogP contribution in [0.25, 0.3) is 11.0 Å². The van der Waals surface area contributed by atoms with Crippen molar-refractivity contribution < 1.29 is 4.79 Å². The van der Waals surface area contributed by atoms with Crippen LogP contribution in [0.1, 0.15) is 26.2 Å². The second-order valence-electron chi connectivity index (χ2n) is 7.14. The van der Waals surface area contributed by atoms with Gasteiger partial charge >= 0.3 is 0 Å². The van der Waals surface area contributed by atoms with E-state index in [0.29, 0.717) is 18.2 Å². The molecule has 1 N–H and O–H groups in total. The first-order valence-corrected chi connectivity index (χ1v) is 12.4. The van der Waals surface area contributed by atoms with Crippen molar-refractivity contribution >= 4 is 46.3 Å². The minimum atomic E-state index is -0.0738. The normalized spacial score (nSPS) is 14.3. The first-order valence-electron chi connectivity index (χ1n) is 10.4. The van der Waals surface area contributed by atoms with Gasteiger partial charge in [-0.2, -0.15) is 5.10 Å². The fourth-order valence-corrected chi connectivity index (χ4v) is 4.69. The van der Waals surface area contributed by atoms with E-state index in [0.717, 1.165) is 40.9 Å². The van der Waals surface area contributed by atoms with Gasteiger partial charge in [-0.3, -0.25) is 4.79 Å². The van der Waals surface area contributed by atoms with Crippen LogP contribution in [0.15, 0.2) is 16.5 Å². The monoisotopic (exact) mass is 462 g/mol. The highest BCUT2D eigenvalue weighted by atomic mass is 32.2. The summed E-state index contributed by atoms with van der Waals surface area (Å²) >= 11 is 2.94. The minimum Gasteiger partial charge on any atom is -0.356 e. The standard InChI is InChI=1S/C18H26N10OS2/c1-3-30-17-21-15(27-8-5-4-6-9-27)13-11-20-28(16(13)22-17)10-7-19-14(29)12-31-18-23-24-25-26(18)2/h11H,3-10,12H2,1-2H3,(H,19,29). The summed E-state index contributed by atoms with van der Waals surface area (Å²) in [6.45, 7) is 5.13. The van der Waals surface area contributed by atoms with Crippen molar-refractivity contribution in [2.45, 2.75) is 43.0 Å². The molecule has 1 aliphatic heterocycles. The molecule has 3 aromatic heterocycles. The fraction of sp³-hybridized carbons (Fsp3) is 0.611. The molecule has 0 saturated carbocycles. The van der Waals surface area contributed by atoms with Crippen LogP contribution in [0.2, 0.25) is 0 Å². The first kappa shape index (κ1) is 21.8.